The quantitative estimate of drug-likeness (QED) is 0.471. The average molecular weight is 470 g/mol. The fraction of sp³-hybridized carbons (Fsp3) is 0.292. The normalized spacial score (nSPS) is 14.8. The predicted octanol–water partition coefficient (Wildman–Crippen LogP) is 3.41. The van der Waals surface area contributed by atoms with Crippen LogP contribution in [0.5, 0.6) is 0 Å². The number of imide groups is 1. The van der Waals surface area contributed by atoms with Crippen molar-refractivity contribution < 1.29 is 22.8 Å². The zero-order valence-corrected chi connectivity index (χ0v) is 19.5. The molecular weight excluding hydrogens is 442 g/mol. The Hall–Kier alpha value is -3.30. The van der Waals surface area contributed by atoms with E-state index in [1.807, 2.05) is 0 Å². The van der Waals surface area contributed by atoms with E-state index < -0.39 is 10.0 Å². The third-order valence-electron chi connectivity index (χ3n) is 5.32. The largest absolute Gasteiger partial charge is 0.323 e. The summed E-state index contributed by atoms with van der Waals surface area (Å²) in [5.74, 6) is -0.809. The second kappa shape index (κ2) is 10.5. The van der Waals surface area contributed by atoms with Gasteiger partial charge in [0.05, 0.1) is 10.6 Å². The third kappa shape index (κ3) is 5.74. The maximum Gasteiger partial charge on any atom is 0.248 e. The molecular formula is C24H27N3O5S. The molecule has 0 bridgehead atoms. The topological polar surface area (TPSA) is 104 Å². The molecule has 3 amide bonds. The Bertz CT molecular complexity index is 1140. The van der Waals surface area contributed by atoms with Gasteiger partial charge in [0.1, 0.15) is 0 Å². The molecule has 1 N–H and O–H groups in total. The highest BCUT2D eigenvalue weighted by molar-refractivity contribution is 7.89. The Labute approximate surface area is 193 Å². The SMILES string of the molecule is CCN(CC)S(=O)(=O)c1ccc(C=CC(=O)Nc2ccc(N3C(=O)CCCC3=O)cc2)cc1. The maximum absolute atomic E-state index is 12.5. The van der Waals surface area contributed by atoms with Gasteiger partial charge in [-0.2, -0.15) is 4.31 Å². The van der Waals surface area contributed by atoms with Crippen LogP contribution in [0.3, 0.4) is 0 Å². The van der Waals surface area contributed by atoms with Gasteiger partial charge in [0.2, 0.25) is 27.7 Å². The first-order chi connectivity index (χ1) is 15.8. The number of rotatable bonds is 8. The summed E-state index contributed by atoms with van der Waals surface area (Å²) in [5, 5.41) is 2.71. The molecule has 3 rings (SSSR count). The van der Waals surface area contributed by atoms with E-state index in [2.05, 4.69) is 5.32 Å². The van der Waals surface area contributed by atoms with Gasteiger partial charge in [-0.05, 0) is 54.5 Å². The van der Waals surface area contributed by atoms with Crippen LogP contribution in [0, 0.1) is 0 Å². The highest BCUT2D eigenvalue weighted by Gasteiger charge is 2.27. The van der Waals surface area contributed by atoms with Crippen LogP contribution >= 0.6 is 0 Å². The molecule has 2 aromatic carbocycles. The van der Waals surface area contributed by atoms with Crippen LogP contribution < -0.4 is 10.2 Å². The molecule has 2 aromatic rings. The standard InChI is InChI=1S/C24H27N3O5S/c1-3-26(4-2)33(31,32)21-15-8-18(9-16-21)10-17-22(28)25-19-11-13-20(14-12-19)27-23(29)6-5-7-24(27)30/h8-17H,3-7H2,1-2H3,(H,25,28). The molecule has 0 spiro atoms. The Kier molecular flexibility index (Phi) is 7.78. The van der Waals surface area contributed by atoms with Gasteiger partial charge in [-0.1, -0.05) is 26.0 Å². The number of anilines is 2. The molecule has 0 saturated carbocycles. The molecule has 0 aromatic heterocycles. The first-order valence-electron chi connectivity index (χ1n) is 10.8. The summed E-state index contributed by atoms with van der Waals surface area (Å²) in [6, 6.07) is 12.8. The summed E-state index contributed by atoms with van der Waals surface area (Å²) in [6.07, 6.45) is 4.19. The van der Waals surface area contributed by atoms with Crippen molar-refractivity contribution >= 4 is 45.2 Å². The average Bonchev–Trinajstić information content (AvgIpc) is 2.79. The van der Waals surface area contributed by atoms with E-state index in [1.165, 1.54) is 27.4 Å². The minimum atomic E-state index is -3.52. The Morgan fingerprint density at radius 3 is 2.09 bits per heavy atom. The number of hydrogen-bond acceptors (Lipinski definition) is 5. The van der Waals surface area contributed by atoms with Gasteiger partial charge in [-0.25, -0.2) is 8.42 Å². The van der Waals surface area contributed by atoms with Gasteiger partial charge < -0.3 is 5.32 Å². The molecule has 1 aliphatic rings. The fourth-order valence-corrected chi connectivity index (χ4v) is 5.01. The number of nitrogens with zero attached hydrogens (tertiary/aromatic N) is 2. The van der Waals surface area contributed by atoms with Gasteiger partial charge in [0, 0.05) is 37.7 Å². The monoisotopic (exact) mass is 469 g/mol. The van der Waals surface area contributed by atoms with Crippen molar-refractivity contribution in [2.45, 2.75) is 38.0 Å². The van der Waals surface area contributed by atoms with Crippen LogP contribution in [0.1, 0.15) is 38.7 Å². The number of piperidine rings is 1. The molecule has 9 heteroatoms. The van der Waals surface area contributed by atoms with Crippen LogP contribution in [-0.2, 0) is 24.4 Å². The molecule has 33 heavy (non-hydrogen) atoms. The molecule has 1 aliphatic heterocycles. The Morgan fingerprint density at radius 2 is 1.55 bits per heavy atom. The summed E-state index contributed by atoms with van der Waals surface area (Å²) in [7, 11) is -3.52. The van der Waals surface area contributed by atoms with Crippen LogP contribution in [-0.4, -0.2) is 43.5 Å². The van der Waals surface area contributed by atoms with Gasteiger partial charge in [-0.3, -0.25) is 19.3 Å². The van der Waals surface area contributed by atoms with Crippen molar-refractivity contribution in [3.8, 4) is 0 Å². The molecule has 1 saturated heterocycles. The smallest absolute Gasteiger partial charge is 0.248 e. The van der Waals surface area contributed by atoms with Crippen LogP contribution in [0.15, 0.2) is 59.5 Å². The first kappa shape index (κ1) is 24.3. The van der Waals surface area contributed by atoms with E-state index in [-0.39, 0.29) is 22.6 Å². The lowest BCUT2D eigenvalue weighted by atomic mass is 10.1. The molecule has 1 heterocycles. The summed E-state index contributed by atoms with van der Waals surface area (Å²) in [4.78, 5) is 37.7. The minimum absolute atomic E-state index is 0.207. The number of nitrogens with one attached hydrogen (secondary N) is 1. The molecule has 0 radical (unpaired) electrons. The lowest BCUT2D eigenvalue weighted by Gasteiger charge is -2.24. The lowest BCUT2D eigenvalue weighted by Crippen LogP contribution is -2.40. The van der Waals surface area contributed by atoms with E-state index in [9.17, 15) is 22.8 Å². The van der Waals surface area contributed by atoms with E-state index in [4.69, 9.17) is 0 Å². The van der Waals surface area contributed by atoms with Gasteiger partial charge >= 0.3 is 0 Å². The number of amides is 3. The zero-order valence-electron chi connectivity index (χ0n) is 18.7. The van der Waals surface area contributed by atoms with Crippen LogP contribution in [0.2, 0.25) is 0 Å². The highest BCUT2D eigenvalue weighted by Crippen LogP contribution is 2.23. The Balaban J connectivity index is 1.62. The van der Waals surface area contributed by atoms with Gasteiger partial charge in [-0.15, -0.1) is 0 Å². The first-order valence-corrected chi connectivity index (χ1v) is 12.3. The molecule has 0 unspecified atom stereocenters. The third-order valence-corrected chi connectivity index (χ3v) is 7.39. The maximum atomic E-state index is 12.5. The molecule has 0 aliphatic carbocycles. The Morgan fingerprint density at radius 1 is 0.970 bits per heavy atom. The van der Waals surface area contributed by atoms with Crippen molar-refractivity contribution in [1.29, 1.82) is 0 Å². The summed E-state index contributed by atoms with van der Waals surface area (Å²) < 4.78 is 26.5. The van der Waals surface area contributed by atoms with Crippen molar-refractivity contribution in [3.05, 3.63) is 60.2 Å². The second-order valence-corrected chi connectivity index (χ2v) is 9.44. The predicted molar refractivity (Wildman–Crippen MR) is 127 cm³/mol. The van der Waals surface area contributed by atoms with E-state index in [1.54, 1.807) is 56.3 Å². The van der Waals surface area contributed by atoms with Crippen LogP contribution in [0.25, 0.3) is 6.08 Å². The number of benzene rings is 2. The van der Waals surface area contributed by atoms with E-state index >= 15 is 0 Å². The van der Waals surface area contributed by atoms with Crippen molar-refractivity contribution in [2.75, 3.05) is 23.3 Å². The van der Waals surface area contributed by atoms with Crippen molar-refractivity contribution in [3.63, 3.8) is 0 Å². The summed E-state index contributed by atoms with van der Waals surface area (Å²) in [6.45, 7) is 4.37. The molecule has 1 fully saturated rings. The second-order valence-electron chi connectivity index (χ2n) is 7.50. The number of carbonyl (C=O) groups is 3. The van der Waals surface area contributed by atoms with Crippen molar-refractivity contribution in [1.82, 2.24) is 4.31 Å². The van der Waals surface area contributed by atoms with E-state index in [0.717, 1.165) is 0 Å². The number of sulfonamides is 1. The fourth-order valence-electron chi connectivity index (χ4n) is 3.55. The molecule has 0 atom stereocenters. The number of carbonyl (C=O) groups excluding carboxylic acids is 3. The minimum Gasteiger partial charge on any atom is -0.323 e. The number of hydrogen-bond donors (Lipinski definition) is 1. The van der Waals surface area contributed by atoms with E-state index in [0.29, 0.717) is 49.3 Å². The molecule has 8 nitrogen and oxygen atoms in total. The van der Waals surface area contributed by atoms with Gasteiger partial charge in [0.25, 0.3) is 0 Å². The zero-order chi connectivity index (χ0) is 24.0. The lowest BCUT2D eigenvalue weighted by molar-refractivity contribution is -0.129. The van der Waals surface area contributed by atoms with Crippen molar-refractivity contribution in [2.24, 2.45) is 0 Å². The highest BCUT2D eigenvalue weighted by atomic mass is 32.2. The van der Waals surface area contributed by atoms with Crippen LogP contribution in [0.4, 0.5) is 11.4 Å². The van der Waals surface area contributed by atoms with Gasteiger partial charge in [0.15, 0.2) is 0 Å². The molecule has 174 valence electrons. The summed E-state index contributed by atoms with van der Waals surface area (Å²) >= 11 is 0. The summed E-state index contributed by atoms with van der Waals surface area (Å²) in [5.41, 5.74) is 1.69.